The van der Waals surface area contributed by atoms with Gasteiger partial charge in [-0.15, -0.1) is 0 Å². The number of sulfonamides is 1. The summed E-state index contributed by atoms with van der Waals surface area (Å²) in [6.45, 7) is 3.19. The van der Waals surface area contributed by atoms with Crippen LogP contribution in [-0.2, 0) is 10.0 Å². The lowest BCUT2D eigenvalue weighted by Crippen LogP contribution is -2.63. The van der Waals surface area contributed by atoms with E-state index in [1.54, 1.807) is 34.6 Å². The topological polar surface area (TPSA) is 70.1 Å². The van der Waals surface area contributed by atoms with E-state index < -0.39 is 21.7 Å². The summed E-state index contributed by atoms with van der Waals surface area (Å²) in [5, 5.41) is 11.2. The van der Waals surface area contributed by atoms with Gasteiger partial charge >= 0.3 is 0 Å². The zero-order valence-electron chi connectivity index (χ0n) is 21.4. The van der Waals surface area contributed by atoms with Crippen LogP contribution in [-0.4, -0.2) is 43.0 Å². The normalized spacial score (nSPS) is 19.2. The summed E-state index contributed by atoms with van der Waals surface area (Å²) in [7, 11) is -3.77. The molecule has 6 nitrogen and oxygen atoms in total. The molecule has 0 aliphatic carbocycles. The van der Waals surface area contributed by atoms with E-state index in [4.69, 9.17) is 4.74 Å². The molecule has 1 saturated heterocycles. The van der Waals surface area contributed by atoms with Crippen LogP contribution in [0.4, 0.5) is 5.69 Å². The molecule has 5 rings (SSSR count). The van der Waals surface area contributed by atoms with E-state index in [-0.39, 0.29) is 11.3 Å². The van der Waals surface area contributed by atoms with Crippen molar-refractivity contribution in [2.24, 2.45) is 0 Å². The Morgan fingerprint density at radius 2 is 1.34 bits per heavy atom. The second-order valence-electron chi connectivity index (χ2n) is 9.85. The van der Waals surface area contributed by atoms with Gasteiger partial charge in [-0.25, -0.2) is 8.42 Å². The number of benzene rings is 4. The van der Waals surface area contributed by atoms with Crippen molar-refractivity contribution in [2.45, 2.75) is 29.9 Å². The van der Waals surface area contributed by atoms with Gasteiger partial charge in [0, 0.05) is 25.3 Å². The van der Waals surface area contributed by atoms with Crippen molar-refractivity contribution >= 4 is 15.7 Å². The molecule has 0 aromatic heterocycles. The molecule has 38 heavy (non-hydrogen) atoms. The van der Waals surface area contributed by atoms with Gasteiger partial charge in [-0.3, -0.25) is 0 Å². The summed E-state index contributed by atoms with van der Waals surface area (Å²) in [5.74, 6) is 1.50. The molecule has 1 N–H and O–H groups in total. The van der Waals surface area contributed by atoms with E-state index in [9.17, 15) is 13.5 Å². The Bertz CT molecular complexity index is 1430. The van der Waals surface area contributed by atoms with Gasteiger partial charge in [0.05, 0.1) is 16.5 Å². The molecule has 0 radical (unpaired) electrons. The van der Waals surface area contributed by atoms with Gasteiger partial charge < -0.3 is 14.7 Å². The first-order valence-corrected chi connectivity index (χ1v) is 14.2. The molecular weight excluding hydrogens is 496 g/mol. The standard InChI is InChI=1S/C31H32N2O4S/c1-31(23-30(34)25-11-5-2-6-12-25)24-32(21-22-33(31)38(35,36)29-15-9-4-10-16-29)26-17-19-28(20-18-26)37-27-13-7-3-8-14-27/h2-20,30,34H,21-24H2,1H3. The van der Waals surface area contributed by atoms with E-state index >= 15 is 0 Å². The lowest BCUT2D eigenvalue weighted by Gasteiger charge is -2.49. The van der Waals surface area contributed by atoms with Crippen molar-refractivity contribution in [1.29, 1.82) is 0 Å². The zero-order chi connectivity index (χ0) is 26.6. The first kappa shape index (κ1) is 26.0. The highest BCUT2D eigenvalue weighted by molar-refractivity contribution is 7.89. The number of nitrogens with zero attached hydrogens (tertiary/aromatic N) is 2. The third kappa shape index (κ3) is 5.60. The minimum Gasteiger partial charge on any atom is -0.457 e. The van der Waals surface area contributed by atoms with Crippen LogP contribution in [0.25, 0.3) is 0 Å². The number of piperazine rings is 1. The van der Waals surface area contributed by atoms with E-state index in [0.29, 0.717) is 19.6 Å². The Balaban J connectivity index is 1.42. The number of hydrogen-bond donors (Lipinski definition) is 1. The Labute approximate surface area is 224 Å². The number of anilines is 1. The Morgan fingerprint density at radius 3 is 1.97 bits per heavy atom. The molecule has 7 heteroatoms. The van der Waals surface area contributed by atoms with E-state index in [2.05, 4.69) is 4.90 Å². The highest BCUT2D eigenvalue weighted by atomic mass is 32.2. The first-order valence-electron chi connectivity index (χ1n) is 12.7. The molecule has 4 aromatic carbocycles. The molecule has 0 amide bonds. The van der Waals surface area contributed by atoms with Crippen LogP contribution in [0.3, 0.4) is 0 Å². The second kappa shape index (κ2) is 11.0. The second-order valence-corrected chi connectivity index (χ2v) is 11.7. The summed E-state index contributed by atoms with van der Waals surface area (Å²) >= 11 is 0. The summed E-state index contributed by atoms with van der Waals surface area (Å²) in [6.07, 6.45) is -0.550. The molecule has 2 unspecified atom stereocenters. The van der Waals surface area contributed by atoms with Gasteiger partial charge in [0.25, 0.3) is 0 Å². The highest BCUT2D eigenvalue weighted by Crippen LogP contribution is 2.37. The molecule has 0 bridgehead atoms. The van der Waals surface area contributed by atoms with Gasteiger partial charge in [-0.05, 0) is 67.4 Å². The maximum atomic E-state index is 13.8. The number of ether oxygens (including phenoxy) is 1. The third-order valence-electron chi connectivity index (χ3n) is 7.04. The predicted octanol–water partition coefficient (Wildman–Crippen LogP) is 5.87. The molecule has 1 heterocycles. The van der Waals surface area contributed by atoms with Crippen molar-refractivity contribution in [1.82, 2.24) is 4.31 Å². The lowest BCUT2D eigenvalue weighted by molar-refractivity contribution is 0.0806. The molecular formula is C31H32N2O4S. The smallest absolute Gasteiger partial charge is 0.243 e. The van der Waals surface area contributed by atoms with Crippen molar-refractivity contribution in [3.05, 3.63) is 121 Å². The largest absolute Gasteiger partial charge is 0.457 e. The van der Waals surface area contributed by atoms with Crippen LogP contribution in [0.1, 0.15) is 25.0 Å². The van der Waals surface area contributed by atoms with Crippen LogP contribution in [0.5, 0.6) is 11.5 Å². The fourth-order valence-corrected chi connectivity index (χ4v) is 6.92. The fraction of sp³-hybridized carbons (Fsp3) is 0.226. The van der Waals surface area contributed by atoms with Gasteiger partial charge in [0.2, 0.25) is 10.0 Å². The van der Waals surface area contributed by atoms with Crippen LogP contribution >= 0.6 is 0 Å². The Morgan fingerprint density at radius 1 is 0.789 bits per heavy atom. The Hall–Kier alpha value is -3.65. The first-order chi connectivity index (χ1) is 18.3. The minimum atomic E-state index is -3.77. The quantitative estimate of drug-likeness (QED) is 0.310. The molecule has 1 fully saturated rings. The van der Waals surface area contributed by atoms with Crippen molar-refractivity contribution < 1.29 is 18.3 Å². The average Bonchev–Trinajstić information content (AvgIpc) is 2.94. The van der Waals surface area contributed by atoms with Gasteiger partial charge in [-0.2, -0.15) is 4.31 Å². The maximum absolute atomic E-state index is 13.8. The minimum absolute atomic E-state index is 0.259. The predicted molar refractivity (Wildman–Crippen MR) is 150 cm³/mol. The van der Waals surface area contributed by atoms with Gasteiger partial charge in [-0.1, -0.05) is 66.7 Å². The number of aliphatic hydroxyl groups is 1. The number of hydrogen-bond acceptors (Lipinski definition) is 5. The molecule has 196 valence electrons. The van der Waals surface area contributed by atoms with E-state index in [1.165, 1.54) is 0 Å². The van der Waals surface area contributed by atoms with Crippen LogP contribution in [0.15, 0.2) is 120 Å². The number of aliphatic hydroxyl groups excluding tert-OH is 1. The van der Waals surface area contributed by atoms with Crippen LogP contribution < -0.4 is 9.64 Å². The van der Waals surface area contributed by atoms with Gasteiger partial charge in [0.15, 0.2) is 0 Å². The summed E-state index contributed by atoms with van der Waals surface area (Å²) in [4.78, 5) is 2.44. The molecule has 4 aromatic rings. The summed E-state index contributed by atoms with van der Waals surface area (Å²) in [6, 6.07) is 35.4. The maximum Gasteiger partial charge on any atom is 0.243 e. The van der Waals surface area contributed by atoms with Gasteiger partial charge in [0.1, 0.15) is 11.5 Å². The highest BCUT2D eigenvalue weighted by Gasteiger charge is 2.46. The molecule has 1 aliphatic heterocycles. The number of para-hydroxylation sites is 1. The Kier molecular flexibility index (Phi) is 7.51. The monoisotopic (exact) mass is 528 g/mol. The fourth-order valence-electron chi connectivity index (χ4n) is 5.13. The molecule has 1 aliphatic rings. The van der Waals surface area contributed by atoms with Crippen molar-refractivity contribution in [3.8, 4) is 11.5 Å². The average molecular weight is 529 g/mol. The van der Waals surface area contributed by atoms with Crippen molar-refractivity contribution in [3.63, 3.8) is 0 Å². The molecule has 0 spiro atoms. The molecule has 2 atom stereocenters. The van der Waals surface area contributed by atoms with E-state index in [0.717, 1.165) is 22.7 Å². The zero-order valence-corrected chi connectivity index (χ0v) is 22.2. The summed E-state index contributed by atoms with van der Waals surface area (Å²) in [5.41, 5.74) is 0.884. The van der Waals surface area contributed by atoms with E-state index in [1.807, 2.05) is 91.9 Å². The number of rotatable bonds is 8. The molecule has 0 saturated carbocycles. The SMILES string of the molecule is CC1(CC(O)c2ccccc2)CN(c2ccc(Oc3ccccc3)cc2)CCN1S(=O)(=O)c1ccccc1. The van der Waals surface area contributed by atoms with Crippen LogP contribution in [0, 0.1) is 0 Å². The van der Waals surface area contributed by atoms with Crippen molar-refractivity contribution in [2.75, 3.05) is 24.5 Å². The lowest BCUT2D eigenvalue weighted by atomic mass is 9.88. The van der Waals surface area contributed by atoms with Crippen LogP contribution in [0.2, 0.25) is 0 Å². The summed E-state index contributed by atoms with van der Waals surface area (Å²) < 4.78 is 35.1. The third-order valence-corrected chi connectivity index (χ3v) is 9.11.